The van der Waals surface area contributed by atoms with E-state index in [0.717, 1.165) is 22.6 Å². The highest BCUT2D eigenvalue weighted by Gasteiger charge is 2.41. The fourth-order valence-electron chi connectivity index (χ4n) is 10.6. The van der Waals surface area contributed by atoms with E-state index in [4.69, 9.17) is 0 Å². The second-order valence-electron chi connectivity index (χ2n) is 17.4. The third-order valence-electron chi connectivity index (χ3n) is 13.7. The Balaban J connectivity index is 1.05. The second-order valence-corrected chi connectivity index (χ2v) is 17.4. The smallest absolute Gasteiger partial charge is 0.0467 e. The van der Waals surface area contributed by atoms with Crippen molar-refractivity contribution >= 4 is 38.6 Å². The summed E-state index contributed by atoms with van der Waals surface area (Å²) in [4.78, 5) is 2.43. The largest absolute Gasteiger partial charge is 0.310 e. The molecule has 0 N–H and O–H groups in total. The monoisotopic (exact) mass is 827 g/mol. The second kappa shape index (κ2) is 15.8. The molecule has 1 unspecified atom stereocenters. The Kier molecular flexibility index (Phi) is 9.35. The van der Waals surface area contributed by atoms with Crippen molar-refractivity contribution in [2.75, 3.05) is 4.90 Å². The van der Waals surface area contributed by atoms with E-state index in [1.54, 1.807) is 0 Å². The molecule has 11 aromatic carbocycles. The highest BCUT2D eigenvalue weighted by atomic mass is 15.1. The van der Waals surface area contributed by atoms with Crippen molar-refractivity contribution in [2.45, 2.75) is 12.3 Å². The van der Waals surface area contributed by atoms with Gasteiger partial charge in [0.2, 0.25) is 0 Å². The summed E-state index contributed by atoms with van der Waals surface area (Å²) < 4.78 is 0. The van der Waals surface area contributed by atoms with Crippen LogP contribution in [0.3, 0.4) is 0 Å². The van der Waals surface area contributed by atoms with Gasteiger partial charge in [-0.1, -0.05) is 212 Å². The molecule has 11 aromatic rings. The maximum Gasteiger partial charge on any atom is 0.0467 e. The van der Waals surface area contributed by atoms with E-state index < -0.39 is 0 Å². The van der Waals surface area contributed by atoms with Gasteiger partial charge in [-0.15, -0.1) is 0 Å². The minimum atomic E-state index is -0.321. The molecule has 306 valence electrons. The number of benzene rings is 11. The Labute approximate surface area is 381 Å². The van der Waals surface area contributed by atoms with Gasteiger partial charge in [-0.3, -0.25) is 0 Å². The van der Waals surface area contributed by atoms with Crippen LogP contribution in [-0.2, 0) is 5.41 Å². The summed E-state index contributed by atoms with van der Waals surface area (Å²) in [5.41, 5.74) is 19.2. The molecule has 0 bridgehead atoms. The van der Waals surface area contributed by atoms with E-state index in [0.29, 0.717) is 0 Å². The maximum absolute atomic E-state index is 2.44. The van der Waals surface area contributed by atoms with Gasteiger partial charge >= 0.3 is 0 Å². The summed E-state index contributed by atoms with van der Waals surface area (Å²) >= 11 is 0. The standard InChI is InChI=1S/C64H45N/c1-64(50-26-12-5-13-27-50)60-32-17-16-30-56(60)57-40-38-53(43-61(57)64)65(51-36-33-45(34-37-51)44-19-6-2-7-20-44)52-28-18-25-48(41-52)49-35-39-55-54-29-14-15-31-58(54)62(46-21-8-3-9-22-46)63(59(55)42-49)47-23-10-4-11-24-47/h2-43H,1H3. The summed E-state index contributed by atoms with van der Waals surface area (Å²) in [6.45, 7) is 2.40. The van der Waals surface area contributed by atoms with Gasteiger partial charge in [0.25, 0.3) is 0 Å². The first-order valence-electron chi connectivity index (χ1n) is 22.6. The van der Waals surface area contributed by atoms with Gasteiger partial charge in [-0.05, 0) is 143 Å². The third-order valence-corrected chi connectivity index (χ3v) is 13.7. The molecule has 0 saturated carbocycles. The number of fused-ring (bicyclic) bond motifs is 6. The quantitative estimate of drug-likeness (QED) is 0.138. The first-order chi connectivity index (χ1) is 32.1. The van der Waals surface area contributed by atoms with Gasteiger partial charge in [0.15, 0.2) is 0 Å². The van der Waals surface area contributed by atoms with Crippen LogP contribution >= 0.6 is 0 Å². The third kappa shape index (κ3) is 6.47. The zero-order chi connectivity index (χ0) is 43.3. The fourth-order valence-corrected chi connectivity index (χ4v) is 10.6. The van der Waals surface area contributed by atoms with Crippen molar-refractivity contribution in [3.63, 3.8) is 0 Å². The average molecular weight is 828 g/mol. The molecule has 12 rings (SSSR count). The molecule has 0 spiro atoms. The van der Waals surface area contributed by atoms with Gasteiger partial charge in [0, 0.05) is 22.5 Å². The van der Waals surface area contributed by atoms with E-state index in [2.05, 4.69) is 267 Å². The molecule has 65 heavy (non-hydrogen) atoms. The lowest BCUT2D eigenvalue weighted by atomic mass is 9.74. The molecule has 1 nitrogen and oxygen atoms in total. The topological polar surface area (TPSA) is 3.24 Å². The van der Waals surface area contributed by atoms with Crippen LogP contribution in [0.15, 0.2) is 255 Å². The van der Waals surface area contributed by atoms with Gasteiger partial charge in [0.05, 0.1) is 0 Å². The van der Waals surface area contributed by atoms with Crippen LogP contribution in [0.2, 0.25) is 0 Å². The van der Waals surface area contributed by atoms with Gasteiger partial charge in [0.1, 0.15) is 0 Å². The van der Waals surface area contributed by atoms with Crippen molar-refractivity contribution in [3.05, 3.63) is 271 Å². The molecule has 0 amide bonds. The van der Waals surface area contributed by atoms with Crippen molar-refractivity contribution < 1.29 is 0 Å². The van der Waals surface area contributed by atoms with Crippen molar-refractivity contribution in [3.8, 4) is 55.6 Å². The molecule has 1 aliphatic rings. The first kappa shape index (κ1) is 38.4. The Bertz CT molecular complexity index is 3520. The summed E-state index contributed by atoms with van der Waals surface area (Å²) in [6.07, 6.45) is 0. The summed E-state index contributed by atoms with van der Waals surface area (Å²) in [5.74, 6) is 0. The molecule has 0 radical (unpaired) electrons. The lowest BCUT2D eigenvalue weighted by Crippen LogP contribution is -2.22. The number of hydrogen-bond acceptors (Lipinski definition) is 1. The van der Waals surface area contributed by atoms with Crippen molar-refractivity contribution in [2.24, 2.45) is 0 Å². The highest BCUT2D eigenvalue weighted by Crippen LogP contribution is 2.54. The van der Waals surface area contributed by atoms with Crippen molar-refractivity contribution in [1.82, 2.24) is 0 Å². The van der Waals surface area contributed by atoms with E-state index in [9.17, 15) is 0 Å². The fraction of sp³-hybridized carbons (Fsp3) is 0.0312. The predicted molar refractivity (Wildman–Crippen MR) is 275 cm³/mol. The average Bonchev–Trinajstić information content (AvgIpc) is 3.65. The Morgan fingerprint density at radius 2 is 0.754 bits per heavy atom. The van der Waals surface area contributed by atoms with Gasteiger partial charge < -0.3 is 4.90 Å². The van der Waals surface area contributed by atoms with E-state index >= 15 is 0 Å². The number of anilines is 3. The Morgan fingerprint density at radius 3 is 1.46 bits per heavy atom. The van der Waals surface area contributed by atoms with Crippen LogP contribution in [-0.4, -0.2) is 0 Å². The lowest BCUT2D eigenvalue weighted by Gasteiger charge is -2.31. The number of nitrogens with zero attached hydrogens (tertiary/aromatic N) is 1. The molecule has 1 heteroatoms. The molecule has 0 heterocycles. The van der Waals surface area contributed by atoms with Crippen LogP contribution in [0.1, 0.15) is 23.6 Å². The molecule has 1 atom stereocenters. The van der Waals surface area contributed by atoms with E-state index in [1.165, 1.54) is 88.3 Å². The normalized spacial score (nSPS) is 14.0. The lowest BCUT2D eigenvalue weighted by molar-refractivity contribution is 0.714. The van der Waals surface area contributed by atoms with Gasteiger partial charge in [-0.2, -0.15) is 0 Å². The van der Waals surface area contributed by atoms with Crippen LogP contribution < -0.4 is 4.90 Å². The van der Waals surface area contributed by atoms with E-state index in [-0.39, 0.29) is 5.41 Å². The van der Waals surface area contributed by atoms with Crippen LogP contribution in [0.4, 0.5) is 17.1 Å². The van der Waals surface area contributed by atoms with Crippen LogP contribution in [0.5, 0.6) is 0 Å². The molecule has 0 saturated heterocycles. The molecular weight excluding hydrogens is 783 g/mol. The van der Waals surface area contributed by atoms with Gasteiger partial charge in [-0.25, -0.2) is 0 Å². The Morgan fingerprint density at radius 1 is 0.277 bits per heavy atom. The number of hydrogen-bond donors (Lipinski definition) is 0. The zero-order valence-corrected chi connectivity index (χ0v) is 36.2. The molecule has 1 aliphatic carbocycles. The minimum Gasteiger partial charge on any atom is -0.310 e. The molecule has 0 fully saturated rings. The van der Waals surface area contributed by atoms with Crippen LogP contribution in [0, 0.1) is 0 Å². The molecule has 0 aromatic heterocycles. The van der Waals surface area contributed by atoms with Crippen LogP contribution in [0.25, 0.3) is 77.2 Å². The van der Waals surface area contributed by atoms with E-state index in [1.807, 2.05) is 0 Å². The summed E-state index contributed by atoms with van der Waals surface area (Å²) in [5, 5.41) is 5.01. The summed E-state index contributed by atoms with van der Waals surface area (Å²) in [6, 6.07) is 93.6. The minimum absolute atomic E-state index is 0.321. The zero-order valence-electron chi connectivity index (χ0n) is 36.2. The first-order valence-corrected chi connectivity index (χ1v) is 22.6. The highest BCUT2D eigenvalue weighted by molar-refractivity contribution is 6.22. The maximum atomic E-state index is 2.44. The van der Waals surface area contributed by atoms with Crippen molar-refractivity contribution in [1.29, 1.82) is 0 Å². The summed E-state index contributed by atoms with van der Waals surface area (Å²) in [7, 11) is 0. The molecule has 0 aliphatic heterocycles. The predicted octanol–water partition coefficient (Wildman–Crippen LogP) is 17.5. The number of rotatable bonds is 8. The Hall–Kier alpha value is -8.26. The molecular formula is C64H45N. The SMILES string of the molecule is CC1(c2ccccc2)c2ccccc2-c2ccc(N(c3ccc(-c4ccccc4)cc3)c3cccc(-c4ccc5c(c4)c(-c4ccccc4)c(-c4ccccc4)c4ccccc45)c3)cc21.